The number of thiazole rings is 1. The van der Waals surface area contributed by atoms with Crippen LogP contribution >= 0.6 is 11.3 Å². The van der Waals surface area contributed by atoms with Crippen LogP contribution in [-0.4, -0.2) is 27.2 Å². The predicted octanol–water partition coefficient (Wildman–Crippen LogP) is 5.21. The van der Waals surface area contributed by atoms with Crippen LogP contribution in [0.4, 0.5) is 0 Å². The fraction of sp³-hybridized carbons (Fsp3) is 0.217. The van der Waals surface area contributed by atoms with Gasteiger partial charge in [-0.2, -0.15) is 0 Å². The highest BCUT2D eigenvalue weighted by Crippen LogP contribution is 2.34. The molecule has 0 saturated carbocycles. The zero-order chi connectivity index (χ0) is 19.1. The lowest BCUT2D eigenvalue weighted by molar-refractivity contribution is 0.0708. The van der Waals surface area contributed by atoms with Crippen molar-refractivity contribution < 1.29 is 4.79 Å². The van der Waals surface area contributed by atoms with Crippen LogP contribution < -0.4 is 0 Å². The van der Waals surface area contributed by atoms with E-state index in [1.165, 1.54) is 22.5 Å². The molecule has 4 aromatic rings. The highest BCUT2D eigenvalue weighted by Gasteiger charge is 2.28. The van der Waals surface area contributed by atoms with Gasteiger partial charge in [-0.05, 0) is 30.4 Å². The van der Waals surface area contributed by atoms with E-state index in [9.17, 15) is 4.79 Å². The first-order valence-corrected chi connectivity index (χ1v) is 10.5. The van der Waals surface area contributed by atoms with Crippen LogP contribution in [0.3, 0.4) is 0 Å². The van der Waals surface area contributed by atoms with E-state index in [2.05, 4.69) is 24.3 Å². The van der Waals surface area contributed by atoms with Crippen LogP contribution in [0.2, 0.25) is 0 Å². The summed E-state index contributed by atoms with van der Waals surface area (Å²) >= 11 is 1.51. The van der Waals surface area contributed by atoms with Gasteiger partial charge in [0.1, 0.15) is 5.69 Å². The number of benzene rings is 2. The van der Waals surface area contributed by atoms with Gasteiger partial charge in [-0.1, -0.05) is 54.6 Å². The minimum absolute atomic E-state index is 0.0463. The maximum atomic E-state index is 13.4. The minimum Gasteiger partial charge on any atom is -0.333 e. The van der Waals surface area contributed by atoms with E-state index in [4.69, 9.17) is 4.98 Å². The molecule has 1 aliphatic carbocycles. The molecule has 1 aliphatic rings. The second-order valence-corrected chi connectivity index (χ2v) is 8.13. The van der Waals surface area contributed by atoms with Crippen molar-refractivity contribution in [1.29, 1.82) is 0 Å². The molecular weight excluding hydrogens is 366 g/mol. The highest BCUT2D eigenvalue weighted by molar-refractivity contribution is 7.15. The van der Waals surface area contributed by atoms with Gasteiger partial charge in [-0.3, -0.25) is 9.20 Å². The van der Waals surface area contributed by atoms with E-state index in [1.807, 2.05) is 58.3 Å². The third kappa shape index (κ3) is 2.83. The Balaban J connectivity index is 1.49. The number of fused-ring (bicyclic) bond motifs is 2. The molecular formula is C23H21N3OS. The lowest BCUT2D eigenvalue weighted by Gasteiger charge is -2.33. The van der Waals surface area contributed by atoms with Crippen LogP contribution in [-0.2, 0) is 6.42 Å². The molecule has 28 heavy (non-hydrogen) atoms. The summed E-state index contributed by atoms with van der Waals surface area (Å²) in [7, 11) is 1.92. The number of rotatable bonds is 3. The molecule has 2 aromatic heterocycles. The quantitative estimate of drug-likeness (QED) is 0.484. The zero-order valence-electron chi connectivity index (χ0n) is 15.7. The van der Waals surface area contributed by atoms with Gasteiger partial charge in [0.15, 0.2) is 4.96 Å². The monoisotopic (exact) mass is 387 g/mol. The first-order valence-electron chi connectivity index (χ1n) is 9.59. The van der Waals surface area contributed by atoms with E-state index in [-0.39, 0.29) is 11.9 Å². The number of aryl methyl sites for hydroxylation is 1. The summed E-state index contributed by atoms with van der Waals surface area (Å²) in [4.78, 5) is 20.8. The molecule has 0 aliphatic heterocycles. The zero-order valence-corrected chi connectivity index (χ0v) is 16.5. The average molecular weight is 388 g/mol. The molecule has 140 valence electrons. The van der Waals surface area contributed by atoms with Crippen LogP contribution in [0, 0.1) is 0 Å². The van der Waals surface area contributed by atoms with Gasteiger partial charge in [0.25, 0.3) is 5.91 Å². The SMILES string of the molecule is CN(C(=O)c1csc2nc(-c3ccccc3)cn12)[C@@H]1CCCc2ccccc21. The molecule has 0 radical (unpaired) electrons. The van der Waals surface area contributed by atoms with E-state index in [1.54, 1.807) is 0 Å². The van der Waals surface area contributed by atoms with Crippen LogP contribution in [0.5, 0.6) is 0 Å². The summed E-state index contributed by atoms with van der Waals surface area (Å²) in [5, 5.41) is 1.92. The van der Waals surface area contributed by atoms with Crippen molar-refractivity contribution in [3.05, 3.63) is 83.0 Å². The lowest BCUT2D eigenvalue weighted by Crippen LogP contribution is -2.33. The van der Waals surface area contributed by atoms with Crippen molar-refractivity contribution in [3.63, 3.8) is 0 Å². The molecule has 1 amide bonds. The third-order valence-electron chi connectivity index (χ3n) is 5.62. The van der Waals surface area contributed by atoms with Crippen molar-refractivity contribution in [2.75, 3.05) is 7.05 Å². The average Bonchev–Trinajstić information content (AvgIpc) is 3.34. The number of hydrogen-bond donors (Lipinski definition) is 0. The molecule has 2 heterocycles. The summed E-state index contributed by atoms with van der Waals surface area (Å²) in [6, 6.07) is 18.7. The Morgan fingerprint density at radius 2 is 1.93 bits per heavy atom. The van der Waals surface area contributed by atoms with Crippen LogP contribution in [0.25, 0.3) is 16.2 Å². The van der Waals surface area contributed by atoms with Gasteiger partial charge in [-0.25, -0.2) is 4.98 Å². The Morgan fingerprint density at radius 1 is 1.14 bits per heavy atom. The standard InChI is InChI=1S/C23H21N3OS/c1-25(20-13-7-11-16-8-5-6-12-18(16)20)22(27)21-15-28-23-24-19(14-26(21)23)17-9-3-2-4-10-17/h2-6,8-10,12,14-15,20H,7,11,13H2,1H3/t20-/m1/s1. The third-order valence-corrected chi connectivity index (χ3v) is 6.46. The molecule has 0 fully saturated rings. The smallest absolute Gasteiger partial charge is 0.272 e. The molecule has 0 spiro atoms. The number of hydrogen-bond acceptors (Lipinski definition) is 3. The molecule has 0 N–H and O–H groups in total. The first-order chi connectivity index (χ1) is 13.7. The lowest BCUT2D eigenvalue weighted by atomic mass is 9.87. The summed E-state index contributed by atoms with van der Waals surface area (Å²) in [6.07, 6.45) is 5.18. The normalized spacial score (nSPS) is 16.1. The number of amides is 1. The van der Waals surface area contributed by atoms with Gasteiger partial charge >= 0.3 is 0 Å². The maximum absolute atomic E-state index is 13.4. The molecule has 1 atom stereocenters. The molecule has 2 aromatic carbocycles. The summed E-state index contributed by atoms with van der Waals surface area (Å²) in [5.41, 5.74) is 5.29. The molecule has 5 rings (SSSR count). The van der Waals surface area contributed by atoms with Crippen molar-refractivity contribution in [2.45, 2.75) is 25.3 Å². The molecule has 0 bridgehead atoms. The van der Waals surface area contributed by atoms with Crippen molar-refractivity contribution in [2.24, 2.45) is 0 Å². The minimum atomic E-state index is 0.0463. The van der Waals surface area contributed by atoms with E-state index >= 15 is 0 Å². The van der Waals surface area contributed by atoms with E-state index < -0.39 is 0 Å². The Hall–Kier alpha value is -2.92. The topological polar surface area (TPSA) is 37.6 Å². The molecule has 4 nitrogen and oxygen atoms in total. The van der Waals surface area contributed by atoms with Crippen molar-refractivity contribution >= 4 is 22.2 Å². The second-order valence-electron chi connectivity index (χ2n) is 7.29. The molecule has 0 unspecified atom stereocenters. The Bertz CT molecular complexity index is 1150. The second kappa shape index (κ2) is 6.91. The van der Waals surface area contributed by atoms with E-state index in [0.29, 0.717) is 5.69 Å². The van der Waals surface area contributed by atoms with Gasteiger partial charge in [-0.15, -0.1) is 11.3 Å². The van der Waals surface area contributed by atoms with Crippen LogP contribution in [0.1, 0.15) is 40.5 Å². The van der Waals surface area contributed by atoms with Gasteiger partial charge < -0.3 is 4.90 Å². The fourth-order valence-electron chi connectivity index (χ4n) is 4.14. The summed E-state index contributed by atoms with van der Waals surface area (Å²) in [5.74, 6) is 0.0463. The largest absolute Gasteiger partial charge is 0.333 e. The molecule has 0 saturated heterocycles. The van der Waals surface area contributed by atoms with Gasteiger partial charge in [0.2, 0.25) is 0 Å². The Kier molecular flexibility index (Phi) is 4.24. The summed E-state index contributed by atoms with van der Waals surface area (Å²) < 4.78 is 1.93. The van der Waals surface area contributed by atoms with Gasteiger partial charge in [0, 0.05) is 24.2 Å². The number of carbonyl (C=O) groups excluding carboxylic acids is 1. The summed E-state index contributed by atoms with van der Waals surface area (Å²) in [6.45, 7) is 0. The number of imidazole rings is 1. The number of carbonyl (C=O) groups is 1. The highest BCUT2D eigenvalue weighted by atomic mass is 32.1. The van der Waals surface area contributed by atoms with Gasteiger partial charge in [0.05, 0.1) is 11.7 Å². The number of nitrogens with zero attached hydrogens (tertiary/aromatic N) is 3. The van der Waals surface area contributed by atoms with Crippen molar-refractivity contribution in [3.8, 4) is 11.3 Å². The Labute approximate surface area is 168 Å². The molecule has 5 heteroatoms. The number of aromatic nitrogens is 2. The Morgan fingerprint density at radius 3 is 2.79 bits per heavy atom. The predicted molar refractivity (Wildman–Crippen MR) is 113 cm³/mol. The van der Waals surface area contributed by atoms with E-state index in [0.717, 1.165) is 35.5 Å². The van der Waals surface area contributed by atoms with Crippen LogP contribution in [0.15, 0.2) is 66.2 Å². The first kappa shape index (κ1) is 17.2. The van der Waals surface area contributed by atoms with Crippen molar-refractivity contribution in [1.82, 2.24) is 14.3 Å². The fourth-order valence-corrected chi connectivity index (χ4v) is 4.99. The maximum Gasteiger partial charge on any atom is 0.272 e.